The van der Waals surface area contributed by atoms with Gasteiger partial charge in [0.1, 0.15) is 5.82 Å². The maximum Gasteiger partial charge on any atom is 0.251 e. The monoisotopic (exact) mass is 457 g/mol. The molecule has 0 spiro atoms. The Morgan fingerprint density at radius 2 is 1.84 bits per heavy atom. The molecule has 3 N–H and O–H groups in total. The van der Waals surface area contributed by atoms with Crippen LogP contribution in [0.25, 0.3) is 0 Å². The highest BCUT2D eigenvalue weighted by molar-refractivity contribution is 6.30. The second kappa shape index (κ2) is 9.90. The van der Waals surface area contributed by atoms with E-state index in [1.54, 1.807) is 12.1 Å². The predicted molar refractivity (Wildman–Crippen MR) is 128 cm³/mol. The Labute approximate surface area is 195 Å². The van der Waals surface area contributed by atoms with Crippen LogP contribution in [-0.2, 0) is 5.41 Å². The molecule has 2 fully saturated rings. The molecule has 4 rings (SSSR count). The lowest BCUT2D eigenvalue weighted by Crippen LogP contribution is -2.42. The molecule has 1 aliphatic carbocycles. The van der Waals surface area contributed by atoms with Gasteiger partial charge in [-0.15, -0.1) is 0 Å². The minimum atomic E-state index is -0.385. The fraction of sp³-hybridized carbons (Fsp3) is 0.500. The van der Waals surface area contributed by atoms with Crippen LogP contribution in [0, 0.1) is 5.82 Å². The minimum absolute atomic E-state index is 0.0198. The number of halogens is 2. The number of carbonyl (C=O) groups excluding carboxylic acids is 1. The standard InChI is InChI=1S/C26H33ClFN3O/c1-17(19-5-8-24(28)23(27)15-19)30-22-9-12-26(2,16-22)20-6-3-18(4-7-20)25(32)31-21-10-13-29-14-11-21/h3-8,15,17,21-22,29-30H,9-14,16H2,1-2H3,(H,31,32). The summed E-state index contributed by atoms with van der Waals surface area (Å²) in [6.45, 7) is 6.32. The predicted octanol–water partition coefficient (Wildman–Crippen LogP) is 5.12. The van der Waals surface area contributed by atoms with Crippen LogP contribution in [0.3, 0.4) is 0 Å². The largest absolute Gasteiger partial charge is 0.349 e. The summed E-state index contributed by atoms with van der Waals surface area (Å²) in [7, 11) is 0. The zero-order valence-corrected chi connectivity index (χ0v) is 19.6. The maximum atomic E-state index is 13.5. The first-order valence-electron chi connectivity index (χ1n) is 11.7. The highest BCUT2D eigenvalue weighted by Gasteiger charge is 2.37. The third-order valence-electron chi connectivity index (χ3n) is 7.19. The van der Waals surface area contributed by atoms with Crippen LogP contribution in [0.4, 0.5) is 4.39 Å². The highest BCUT2D eigenvalue weighted by atomic mass is 35.5. The van der Waals surface area contributed by atoms with Crippen molar-refractivity contribution in [1.29, 1.82) is 0 Å². The molecular weight excluding hydrogens is 425 g/mol. The van der Waals surface area contributed by atoms with Gasteiger partial charge < -0.3 is 16.0 Å². The van der Waals surface area contributed by atoms with E-state index in [-0.39, 0.29) is 34.2 Å². The van der Waals surface area contributed by atoms with Crippen LogP contribution >= 0.6 is 11.6 Å². The molecule has 6 heteroatoms. The molecule has 2 aromatic rings. The van der Waals surface area contributed by atoms with E-state index in [0.29, 0.717) is 6.04 Å². The van der Waals surface area contributed by atoms with Gasteiger partial charge in [0, 0.05) is 23.7 Å². The molecular formula is C26H33ClFN3O. The molecule has 1 saturated carbocycles. The van der Waals surface area contributed by atoms with Crippen molar-refractivity contribution in [3.8, 4) is 0 Å². The van der Waals surface area contributed by atoms with Crippen molar-refractivity contribution < 1.29 is 9.18 Å². The molecule has 1 heterocycles. The molecule has 172 valence electrons. The van der Waals surface area contributed by atoms with E-state index in [2.05, 4.69) is 41.9 Å². The smallest absolute Gasteiger partial charge is 0.251 e. The Morgan fingerprint density at radius 3 is 2.53 bits per heavy atom. The fourth-order valence-electron chi connectivity index (χ4n) is 5.14. The SMILES string of the molecule is CC(NC1CCC(C)(c2ccc(C(=O)NC3CCNCC3)cc2)C1)c1ccc(F)c(Cl)c1. The van der Waals surface area contributed by atoms with Gasteiger partial charge in [-0.25, -0.2) is 4.39 Å². The zero-order chi connectivity index (χ0) is 22.7. The van der Waals surface area contributed by atoms with Crippen molar-refractivity contribution >= 4 is 17.5 Å². The number of amides is 1. The zero-order valence-electron chi connectivity index (χ0n) is 18.9. The molecule has 0 bridgehead atoms. The first kappa shape index (κ1) is 23.2. The van der Waals surface area contributed by atoms with Crippen molar-refractivity contribution in [2.45, 2.75) is 69.5 Å². The van der Waals surface area contributed by atoms with E-state index in [0.717, 1.165) is 56.3 Å². The van der Waals surface area contributed by atoms with Crippen LogP contribution in [0.15, 0.2) is 42.5 Å². The Kier molecular flexibility index (Phi) is 7.18. The first-order valence-corrected chi connectivity index (χ1v) is 12.0. The molecule has 1 aliphatic heterocycles. The Balaban J connectivity index is 1.35. The van der Waals surface area contributed by atoms with Gasteiger partial charge in [-0.3, -0.25) is 4.79 Å². The quantitative estimate of drug-likeness (QED) is 0.564. The maximum absolute atomic E-state index is 13.5. The molecule has 2 aromatic carbocycles. The summed E-state index contributed by atoms with van der Waals surface area (Å²) in [5.74, 6) is -0.365. The van der Waals surface area contributed by atoms with E-state index in [1.807, 2.05) is 12.1 Å². The van der Waals surface area contributed by atoms with Gasteiger partial charge in [0.05, 0.1) is 5.02 Å². The molecule has 1 amide bonds. The van der Waals surface area contributed by atoms with Crippen molar-refractivity contribution in [1.82, 2.24) is 16.0 Å². The lowest BCUT2D eigenvalue weighted by atomic mass is 9.80. The molecule has 1 saturated heterocycles. The molecule has 3 atom stereocenters. The third kappa shape index (κ3) is 5.33. The minimum Gasteiger partial charge on any atom is -0.349 e. The van der Waals surface area contributed by atoms with Gasteiger partial charge in [0.2, 0.25) is 0 Å². The molecule has 0 aromatic heterocycles. The van der Waals surface area contributed by atoms with Crippen LogP contribution in [0.2, 0.25) is 5.02 Å². The second-order valence-corrected chi connectivity index (χ2v) is 10.0. The van der Waals surface area contributed by atoms with E-state index in [1.165, 1.54) is 11.6 Å². The third-order valence-corrected chi connectivity index (χ3v) is 7.48. The number of benzene rings is 2. The lowest BCUT2D eigenvalue weighted by molar-refractivity contribution is 0.0929. The van der Waals surface area contributed by atoms with E-state index in [4.69, 9.17) is 11.6 Å². The first-order chi connectivity index (χ1) is 15.3. The average molecular weight is 458 g/mol. The number of rotatable bonds is 6. The van der Waals surface area contributed by atoms with Crippen molar-refractivity contribution in [2.24, 2.45) is 0 Å². The molecule has 3 unspecified atom stereocenters. The van der Waals surface area contributed by atoms with Gasteiger partial charge in [-0.1, -0.05) is 36.7 Å². The average Bonchev–Trinajstić information content (AvgIpc) is 3.18. The molecule has 4 nitrogen and oxygen atoms in total. The van der Waals surface area contributed by atoms with E-state index in [9.17, 15) is 9.18 Å². The van der Waals surface area contributed by atoms with Crippen molar-refractivity contribution in [2.75, 3.05) is 13.1 Å². The van der Waals surface area contributed by atoms with E-state index >= 15 is 0 Å². The van der Waals surface area contributed by atoms with Crippen molar-refractivity contribution in [3.63, 3.8) is 0 Å². The Bertz CT molecular complexity index is 945. The Morgan fingerprint density at radius 1 is 1.12 bits per heavy atom. The number of hydrogen-bond acceptors (Lipinski definition) is 3. The molecule has 2 aliphatic rings. The molecule has 0 radical (unpaired) electrons. The van der Waals surface area contributed by atoms with Crippen molar-refractivity contribution in [3.05, 3.63) is 70.0 Å². The summed E-state index contributed by atoms with van der Waals surface area (Å²) in [6.07, 6.45) is 5.15. The summed E-state index contributed by atoms with van der Waals surface area (Å²) in [5.41, 5.74) is 3.07. The number of carbonyl (C=O) groups is 1. The van der Waals surface area contributed by atoms with Crippen LogP contribution in [0.5, 0.6) is 0 Å². The van der Waals surface area contributed by atoms with Crippen LogP contribution < -0.4 is 16.0 Å². The summed E-state index contributed by atoms with van der Waals surface area (Å²) >= 11 is 5.96. The van der Waals surface area contributed by atoms with Gasteiger partial charge in [-0.2, -0.15) is 0 Å². The number of nitrogens with one attached hydrogen (secondary N) is 3. The summed E-state index contributed by atoms with van der Waals surface area (Å²) in [4.78, 5) is 12.6. The summed E-state index contributed by atoms with van der Waals surface area (Å²) in [6, 6.07) is 13.8. The van der Waals surface area contributed by atoms with Gasteiger partial charge in [0.25, 0.3) is 5.91 Å². The summed E-state index contributed by atoms with van der Waals surface area (Å²) in [5, 5.41) is 10.3. The fourth-order valence-corrected chi connectivity index (χ4v) is 5.32. The second-order valence-electron chi connectivity index (χ2n) is 9.64. The highest BCUT2D eigenvalue weighted by Crippen LogP contribution is 2.41. The van der Waals surface area contributed by atoms with Gasteiger partial charge in [-0.05, 0) is 92.9 Å². The van der Waals surface area contributed by atoms with E-state index < -0.39 is 0 Å². The van der Waals surface area contributed by atoms with Gasteiger partial charge >= 0.3 is 0 Å². The summed E-state index contributed by atoms with van der Waals surface area (Å²) < 4.78 is 13.5. The Hall–Kier alpha value is -1.95. The lowest BCUT2D eigenvalue weighted by Gasteiger charge is -2.27. The van der Waals surface area contributed by atoms with Crippen LogP contribution in [-0.4, -0.2) is 31.1 Å². The number of hydrogen-bond donors (Lipinski definition) is 3. The van der Waals surface area contributed by atoms with Gasteiger partial charge in [0.15, 0.2) is 0 Å². The topological polar surface area (TPSA) is 53.2 Å². The normalized spacial score (nSPS) is 24.9. The number of piperidine rings is 1. The van der Waals surface area contributed by atoms with Crippen LogP contribution in [0.1, 0.15) is 73.5 Å². The molecule has 32 heavy (non-hydrogen) atoms.